The molecule has 1 N–H and O–H groups in total. The van der Waals surface area contributed by atoms with Crippen molar-refractivity contribution in [2.75, 3.05) is 0 Å². The number of aliphatic hydroxyl groups is 1. The Morgan fingerprint density at radius 1 is 0.895 bits per heavy atom. The van der Waals surface area contributed by atoms with Gasteiger partial charge in [0.05, 0.1) is 6.10 Å². The zero-order valence-corrected chi connectivity index (χ0v) is 11.2. The Kier molecular flexibility index (Phi) is 4.93. The first-order valence-electron chi connectivity index (χ1n) is 6.72. The molecule has 0 aliphatic rings. The minimum Gasteiger partial charge on any atom is -0.392 e. The SMILES string of the molecule is C/C=C/CC(O)C(c1ccccc1)c1ccccc1. The van der Waals surface area contributed by atoms with Gasteiger partial charge in [0.15, 0.2) is 0 Å². The molecule has 0 spiro atoms. The minimum absolute atomic E-state index is 0.0265. The molecule has 0 radical (unpaired) electrons. The molecule has 0 saturated carbocycles. The lowest BCUT2D eigenvalue weighted by molar-refractivity contribution is 0.159. The summed E-state index contributed by atoms with van der Waals surface area (Å²) in [6.45, 7) is 1.98. The van der Waals surface area contributed by atoms with Gasteiger partial charge in [-0.1, -0.05) is 72.8 Å². The van der Waals surface area contributed by atoms with Gasteiger partial charge in [0.1, 0.15) is 0 Å². The van der Waals surface area contributed by atoms with E-state index in [4.69, 9.17) is 0 Å². The summed E-state index contributed by atoms with van der Waals surface area (Å²) in [4.78, 5) is 0. The van der Waals surface area contributed by atoms with Gasteiger partial charge < -0.3 is 5.11 Å². The van der Waals surface area contributed by atoms with Gasteiger partial charge in [-0.15, -0.1) is 0 Å². The van der Waals surface area contributed by atoms with E-state index in [9.17, 15) is 5.11 Å². The molecule has 0 aliphatic heterocycles. The van der Waals surface area contributed by atoms with E-state index < -0.39 is 6.10 Å². The number of hydrogen-bond acceptors (Lipinski definition) is 1. The number of aliphatic hydroxyl groups excluding tert-OH is 1. The fourth-order valence-electron chi connectivity index (χ4n) is 2.37. The monoisotopic (exact) mass is 252 g/mol. The molecule has 1 atom stereocenters. The topological polar surface area (TPSA) is 20.2 Å². The van der Waals surface area contributed by atoms with Crippen molar-refractivity contribution < 1.29 is 5.11 Å². The molecule has 0 bridgehead atoms. The van der Waals surface area contributed by atoms with Crippen LogP contribution in [0.25, 0.3) is 0 Å². The third kappa shape index (κ3) is 3.55. The van der Waals surface area contributed by atoms with Crippen LogP contribution in [0.2, 0.25) is 0 Å². The van der Waals surface area contributed by atoms with E-state index in [0.717, 1.165) is 11.1 Å². The Hall–Kier alpha value is -1.86. The molecular formula is C18H20O. The molecule has 0 fully saturated rings. The molecular weight excluding hydrogens is 232 g/mol. The second kappa shape index (κ2) is 6.91. The molecule has 0 saturated heterocycles. The van der Waals surface area contributed by atoms with Crippen LogP contribution < -0.4 is 0 Å². The number of rotatable bonds is 5. The van der Waals surface area contributed by atoms with Gasteiger partial charge in [-0.05, 0) is 24.5 Å². The lowest BCUT2D eigenvalue weighted by Gasteiger charge is -2.23. The van der Waals surface area contributed by atoms with Crippen molar-refractivity contribution in [1.29, 1.82) is 0 Å². The van der Waals surface area contributed by atoms with Crippen LogP contribution in [0, 0.1) is 0 Å². The lowest BCUT2D eigenvalue weighted by atomic mass is 9.85. The van der Waals surface area contributed by atoms with E-state index in [1.54, 1.807) is 0 Å². The molecule has 0 aromatic heterocycles. The average Bonchev–Trinajstić information content (AvgIpc) is 2.47. The minimum atomic E-state index is -0.402. The maximum absolute atomic E-state index is 10.5. The molecule has 0 aliphatic carbocycles. The normalized spacial score (nSPS) is 13.0. The summed E-state index contributed by atoms with van der Waals surface area (Å²) in [6.07, 6.45) is 4.27. The van der Waals surface area contributed by atoms with Crippen LogP contribution in [0.15, 0.2) is 72.8 Å². The highest BCUT2D eigenvalue weighted by molar-refractivity contribution is 5.33. The molecule has 1 nitrogen and oxygen atoms in total. The van der Waals surface area contributed by atoms with Gasteiger partial charge in [-0.25, -0.2) is 0 Å². The van der Waals surface area contributed by atoms with E-state index in [2.05, 4.69) is 24.3 Å². The lowest BCUT2D eigenvalue weighted by Crippen LogP contribution is -2.19. The van der Waals surface area contributed by atoms with Gasteiger partial charge in [0, 0.05) is 5.92 Å². The van der Waals surface area contributed by atoms with Gasteiger partial charge in [0.25, 0.3) is 0 Å². The molecule has 19 heavy (non-hydrogen) atoms. The summed E-state index contributed by atoms with van der Waals surface area (Å²) in [5.41, 5.74) is 2.32. The molecule has 2 rings (SSSR count). The average molecular weight is 252 g/mol. The van der Waals surface area contributed by atoms with Crippen LogP contribution in [-0.4, -0.2) is 11.2 Å². The van der Waals surface area contributed by atoms with Crippen molar-refractivity contribution in [1.82, 2.24) is 0 Å². The summed E-state index contributed by atoms with van der Waals surface area (Å²) in [7, 11) is 0. The number of hydrogen-bond donors (Lipinski definition) is 1. The molecule has 2 aromatic carbocycles. The van der Waals surface area contributed by atoms with E-state index in [1.807, 2.05) is 55.5 Å². The van der Waals surface area contributed by atoms with Crippen molar-refractivity contribution in [3.05, 3.63) is 83.9 Å². The summed E-state index contributed by atoms with van der Waals surface area (Å²) >= 11 is 0. The van der Waals surface area contributed by atoms with E-state index in [-0.39, 0.29) is 5.92 Å². The number of allylic oxidation sites excluding steroid dienone is 1. The first-order valence-corrected chi connectivity index (χ1v) is 6.72. The van der Waals surface area contributed by atoms with Gasteiger partial charge in [-0.3, -0.25) is 0 Å². The first-order chi connectivity index (χ1) is 9.33. The Morgan fingerprint density at radius 2 is 1.37 bits per heavy atom. The summed E-state index contributed by atoms with van der Waals surface area (Å²) < 4.78 is 0. The van der Waals surface area contributed by atoms with E-state index in [1.165, 1.54) is 0 Å². The van der Waals surface area contributed by atoms with Crippen LogP contribution in [0.4, 0.5) is 0 Å². The van der Waals surface area contributed by atoms with Gasteiger partial charge in [0.2, 0.25) is 0 Å². The molecule has 0 heterocycles. The molecule has 98 valence electrons. The van der Waals surface area contributed by atoms with Crippen molar-refractivity contribution in [2.45, 2.75) is 25.4 Å². The van der Waals surface area contributed by atoms with Crippen LogP contribution in [0.5, 0.6) is 0 Å². The van der Waals surface area contributed by atoms with Crippen molar-refractivity contribution in [3.8, 4) is 0 Å². The fourth-order valence-corrected chi connectivity index (χ4v) is 2.37. The third-order valence-electron chi connectivity index (χ3n) is 3.32. The van der Waals surface area contributed by atoms with Gasteiger partial charge in [-0.2, -0.15) is 0 Å². The van der Waals surface area contributed by atoms with Crippen molar-refractivity contribution >= 4 is 0 Å². The Balaban J connectivity index is 2.34. The zero-order chi connectivity index (χ0) is 13.5. The van der Waals surface area contributed by atoms with Crippen LogP contribution >= 0.6 is 0 Å². The quantitative estimate of drug-likeness (QED) is 0.793. The highest BCUT2D eigenvalue weighted by Crippen LogP contribution is 2.29. The van der Waals surface area contributed by atoms with Crippen LogP contribution in [0.3, 0.4) is 0 Å². The Bertz CT molecular complexity index is 462. The molecule has 1 unspecified atom stereocenters. The van der Waals surface area contributed by atoms with Crippen LogP contribution in [0.1, 0.15) is 30.4 Å². The smallest absolute Gasteiger partial charge is 0.0683 e. The molecule has 0 amide bonds. The van der Waals surface area contributed by atoms with Crippen molar-refractivity contribution in [3.63, 3.8) is 0 Å². The third-order valence-corrected chi connectivity index (χ3v) is 3.32. The highest BCUT2D eigenvalue weighted by Gasteiger charge is 2.21. The molecule has 1 heteroatoms. The standard InChI is InChI=1S/C18H20O/c1-2-3-14-17(19)18(15-10-6-4-7-11-15)16-12-8-5-9-13-16/h2-13,17-19H,14H2,1H3/b3-2+. The van der Waals surface area contributed by atoms with E-state index in [0.29, 0.717) is 6.42 Å². The van der Waals surface area contributed by atoms with Gasteiger partial charge >= 0.3 is 0 Å². The summed E-state index contributed by atoms with van der Waals surface area (Å²) in [6, 6.07) is 20.4. The van der Waals surface area contributed by atoms with Crippen LogP contribution in [-0.2, 0) is 0 Å². The second-order valence-electron chi connectivity index (χ2n) is 4.67. The highest BCUT2D eigenvalue weighted by atomic mass is 16.3. The maximum Gasteiger partial charge on any atom is 0.0683 e. The summed E-state index contributed by atoms with van der Waals surface area (Å²) in [5.74, 6) is 0.0265. The maximum atomic E-state index is 10.5. The van der Waals surface area contributed by atoms with Crippen molar-refractivity contribution in [2.24, 2.45) is 0 Å². The molecule has 2 aromatic rings. The largest absolute Gasteiger partial charge is 0.392 e. The fraction of sp³-hybridized carbons (Fsp3) is 0.222. The summed E-state index contributed by atoms with van der Waals surface area (Å²) in [5, 5.41) is 10.5. The predicted molar refractivity (Wildman–Crippen MR) is 80.2 cm³/mol. The Labute approximate surface area is 115 Å². The second-order valence-corrected chi connectivity index (χ2v) is 4.67. The zero-order valence-electron chi connectivity index (χ0n) is 11.2. The number of benzene rings is 2. The predicted octanol–water partition coefficient (Wildman–Crippen LogP) is 4.15. The Morgan fingerprint density at radius 3 is 1.79 bits per heavy atom. The van der Waals surface area contributed by atoms with E-state index >= 15 is 0 Å². The first kappa shape index (κ1) is 13.6.